The fourth-order valence-electron chi connectivity index (χ4n) is 3.63. The highest BCUT2D eigenvalue weighted by atomic mass is 127. The summed E-state index contributed by atoms with van der Waals surface area (Å²) in [5.41, 5.74) is 13.6. The summed E-state index contributed by atoms with van der Waals surface area (Å²) in [4.78, 5) is 14.2. The van der Waals surface area contributed by atoms with Gasteiger partial charge in [-0.25, -0.2) is 4.98 Å². The highest BCUT2D eigenvalue weighted by molar-refractivity contribution is 14.1. The lowest BCUT2D eigenvalue weighted by Crippen LogP contribution is -2.40. The minimum Gasteiger partial charge on any atom is -0.454 e. The Kier molecular flexibility index (Phi) is 6.51. The van der Waals surface area contributed by atoms with Crippen LogP contribution in [-0.4, -0.2) is 49.4 Å². The highest BCUT2D eigenvalue weighted by Crippen LogP contribution is 2.36. The molecule has 0 amide bonds. The topological polar surface area (TPSA) is 117 Å². The van der Waals surface area contributed by atoms with Crippen LogP contribution in [0.15, 0.2) is 12.1 Å². The van der Waals surface area contributed by atoms with Crippen LogP contribution < -0.4 is 20.9 Å². The maximum Gasteiger partial charge on any atom is 0.312 e. The van der Waals surface area contributed by atoms with Crippen LogP contribution in [0.2, 0.25) is 0 Å². The lowest BCUT2D eigenvalue weighted by atomic mass is 10.1. The fraction of sp³-hybridized carbons (Fsp3) is 0.400. The average molecular weight is 571 g/mol. The van der Waals surface area contributed by atoms with E-state index in [2.05, 4.69) is 51.4 Å². The van der Waals surface area contributed by atoms with Gasteiger partial charge in [-0.3, -0.25) is 0 Å². The van der Waals surface area contributed by atoms with Gasteiger partial charge >= 0.3 is 6.08 Å². The molecule has 1 aliphatic heterocycles. The summed E-state index contributed by atoms with van der Waals surface area (Å²) in [5, 5.41) is 0.315. The Hall–Kier alpha value is -2.48. The largest absolute Gasteiger partial charge is 0.454 e. The summed E-state index contributed by atoms with van der Waals surface area (Å²) in [5.74, 6) is 2.45. The molecule has 170 valence electrons. The summed E-state index contributed by atoms with van der Waals surface area (Å²) < 4.78 is 27.8. The molecule has 0 atom stereocenters. The second-order valence-corrected chi connectivity index (χ2v) is 9.46. The Morgan fingerprint density at radius 1 is 1.28 bits per heavy atom. The summed E-state index contributed by atoms with van der Waals surface area (Å²) in [6, 6.07) is 3.86. The number of hydrogen-bond donors (Lipinski definition) is 2. The Bertz CT molecular complexity index is 1190. The van der Waals surface area contributed by atoms with Gasteiger partial charge in [0.15, 0.2) is 33.6 Å². The molecular weight excluding hydrogens is 548 g/mol. The van der Waals surface area contributed by atoms with E-state index in [9.17, 15) is 4.39 Å². The van der Waals surface area contributed by atoms with Gasteiger partial charge in [0, 0.05) is 29.6 Å². The van der Waals surface area contributed by atoms with Gasteiger partial charge in [0.2, 0.25) is 6.79 Å². The standard InChI is InChI=1S/C20H23FIN7O2S/c1-10(2)8-28(20(24)32)3-4-29-15(25-16-17(23)26-19(21)27-18(16)29)6-11-5-13-14(7-12(11)22)31-9-30-13/h5,7,10H,3-4,6,8-9H2,1-2H3,(H2,24,32)(H2,23,26,27). The molecule has 0 aliphatic carbocycles. The number of nitrogens with two attached hydrogens (primary N) is 2. The maximum absolute atomic E-state index is 14.0. The third-order valence-corrected chi connectivity index (χ3v) is 6.32. The minimum absolute atomic E-state index is 0.00117. The molecule has 0 unspecified atom stereocenters. The van der Waals surface area contributed by atoms with Crippen LogP contribution in [0.1, 0.15) is 25.2 Å². The van der Waals surface area contributed by atoms with Gasteiger partial charge in [-0.15, -0.1) is 0 Å². The van der Waals surface area contributed by atoms with Crippen molar-refractivity contribution >= 4 is 56.9 Å². The normalized spacial score (nSPS) is 12.7. The molecule has 3 aromatic rings. The first-order chi connectivity index (χ1) is 15.2. The van der Waals surface area contributed by atoms with E-state index in [1.54, 1.807) is 0 Å². The third kappa shape index (κ3) is 4.65. The molecule has 9 nitrogen and oxygen atoms in total. The molecular formula is C20H23FIN7O2S. The summed E-state index contributed by atoms with van der Waals surface area (Å²) in [7, 11) is 0. The van der Waals surface area contributed by atoms with Crippen molar-refractivity contribution in [3.8, 4) is 11.5 Å². The average Bonchev–Trinajstić information content (AvgIpc) is 3.29. The van der Waals surface area contributed by atoms with Crippen molar-refractivity contribution in [2.75, 3.05) is 25.6 Å². The van der Waals surface area contributed by atoms with E-state index in [4.69, 9.17) is 33.2 Å². The van der Waals surface area contributed by atoms with Crippen LogP contribution in [0.5, 0.6) is 11.5 Å². The zero-order chi connectivity index (χ0) is 23.0. The van der Waals surface area contributed by atoms with E-state index < -0.39 is 6.08 Å². The number of ether oxygens (including phenoxy) is 2. The number of imidazole rings is 1. The zero-order valence-corrected chi connectivity index (χ0v) is 20.6. The van der Waals surface area contributed by atoms with E-state index in [0.717, 1.165) is 9.13 Å². The van der Waals surface area contributed by atoms with Gasteiger partial charge < -0.3 is 30.4 Å². The van der Waals surface area contributed by atoms with Crippen molar-refractivity contribution in [2.45, 2.75) is 26.8 Å². The Labute approximate surface area is 203 Å². The van der Waals surface area contributed by atoms with Gasteiger partial charge in [-0.1, -0.05) is 13.8 Å². The van der Waals surface area contributed by atoms with Crippen molar-refractivity contribution in [1.29, 1.82) is 0 Å². The molecule has 1 aliphatic rings. The van der Waals surface area contributed by atoms with E-state index in [1.165, 1.54) is 0 Å². The first kappa shape index (κ1) is 22.7. The number of anilines is 1. The minimum atomic E-state index is -0.895. The molecule has 0 saturated heterocycles. The van der Waals surface area contributed by atoms with Crippen LogP contribution in [0.25, 0.3) is 11.2 Å². The molecule has 12 heteroatoms. The number of hydrogen-bond acceptors (Lipinski definition) is 7. The number of fused-ring (bicyclic) bond motifs is 2. The van der Waals surface area contributed by atoms with Crippen molar-refractivity contribution in [3.63, 3.8) is 0 Å². The highest BCUT2D eigenvalue weighted by Gasteiger charge is 2.21. The molecule has 2 aromatic heterocycles. The smallest absolute Gasteiger partial charge is 0.312 e. The molecule has 32 heavy (non-hydrogen) atoms. The first-order valence-electron chi connectivity index (χ1n) is 10.0. The number of nitrogens with zero attached hydrogens (tertiary/aromatic N) is 5. The molecule has 4 N–H and O–H groups in total. The Morgan fingerprint density at radius 2 is 2.00 bits per heavy atom. The number of thiocarbonyl (C=S) groups is 1. The van der Waals surface area contributed by atoms with Gasteiger partial charge in [0.25, 0.3) is 0 Å². The predicted octanol–water partition coefficient (Wildman–Crippen LogP) is 2.67. The van der Waals surface area contributed by atoms with E-state index in [0.29, 0.717) is 65.6 Å². The second kappa shape index (κ2) is 9.17. The Morgan fingerprint density at radius 3 is 2.69 bits per heavy atom. The predicted molar refractivity (Wildman–Crippen MR) is 131 cm³/mol. The summed E-state index contributed by atoms with van der Waals surface area (Å²) in [6.45, 7) is 6.07. The molecule has 0 saturated carbocycles. The molecule has 0 fully saturated rings. The molecule has 3 heterocycles. The van der Waals surface area contributed by atoms with Crippen molar-refractivity contribution in [1.82, 2.24) is 24.4 Å². The quantitative estimate of drug-likeness (QED) is 0.251. The lowest BCUT2D eigenvalue weighted by Gasteiger charge is -2.25. The summed E-state index contributed by atoms with van der Waals surface area (Å²) >= 11 is 7.46. The van der Waals surface area contributed by atoms with Crippen molar-refractivity contribution in [3.05, 3.63) is 33.2 Å². The monoisotopic (exact) mass is 571 g/mol. The van der Waals surface area contributed by atoms with Crippen LogP contribution in [0.4, 0.5) is 10.2 Å². The third-order valence-electron chi connectivity index (χ3n) is 5.05. The lowest BCUT2D eigenvalue weighted by molar-refractivity contribution is 0.174. The van der Waals surface area contributed by atoms with Gasteiger partial charge in [0.1, 0.15) is 5.82 Å². The van der Waals surface area contributed by atoms with E-state index in [1.807, 2.05) is 21.6 Å². The zero-order valence-electron chi connectivity index (χ0n) is 17.6. The van der Waals surface area contributed by atoms with Gasteiger partial charge in [-0.2, -0.15) is 14.4 Å². The van der Waals surface area contributed by atoms with E-state index in [-0.39, 0.29) is 12.6 Å². The first-order valence-corrected chi connectivity index (χ1v) is 11.5. The maximum atomic E-state index is 14.0. The molecule has 0 spiro atoms. The van der Waals surface area contributed by atoms with E-state index >= 15 is 0 Å². The van der Waals surface area contributed by atoms with Crippen LogP contribution >= 0.6 is 34.8 Å². The molecule has 1 aromatic carbocycles. The second-order valence-electron chi connectivity index (χ2n) is 7.88. The van der Waals surface area contributed by atoms with Gasteiger partial charge in [-0.05, 0) is 58.4 Å². The number of rotatable bonds is 7. The van der Waals surface area contributed by atoms with Crippen LogP contribution in [-0.2, 0) is 13.0 Å². The molecule has 4 rings (SSSR count). The van der Waals surface area contributed by atoms with Crippen LogP contribution in [0.3, 0.4) is 0 Å². The molecule has 0 radical (unpaired) electrons. The number of nitrogen functional groups attached to an aromatic ring is 1. The number of aromatic nitrogens is 4. The Balaban J connectivity index is 1.72. The summed E-state index contributed by atoms with van der Waals surface area (Å²) in [6.07, 6.45) is -0.433. The number of halogens is 2. The molecule has 0 bridgehead atoms. The fourth-order valence-corrected chi connectivity index (χ4v) is 4.42. The van der Waals surface area contributed by atoms with Crippen LogP contribution in [0, 0.1) is 15.6 Å². The SMILES string of the molecule is CC(C)CN(CCn1c(Cc2cc3c(cc2I)OCO3)nc2c(N)nc(F)nc21)C(N)=S. The van der Waals surface area contributed by atoms with Crippen molar-refractivity contribution < 1.29 is 13.9 Å². The number of benzene rings is 1. The van der Waals surface area contributed by atoms with Crippen molar-refractivity contribution in [2.24, 2.45) is 11.7 Å². The van der Waals surface area contributed by atoms with Gasteiger partial charge in [0.05, 0.1) is 0 Å².